The highest BCUT2D eigenvalue weighted by atomic mass is 32.1. The maximum Gasteiger partial charge on any atom is 0.170 e. The van der Waals surface area contributed by atoms with Gasteiger partial charge in [0.05, 0.1) is 16.8 Å². The Bertz CT molecular complexity index is 650. The van der Waals surface area contributed by atoms with Gasteiger partial charge in [-0.25, -0.2) is 4.98 Å². The molecule has 4 nitrogen and oxygen atoms in total. The number of hydrogen-bond acceptors (Lipinski definition) is 4. The van der Waals surface area contributed by atoms with E-state index in [-0.39, 0.29) is 6.10 Å². The molecule has 0 unspecified atom stereocenters. The summed E-state index contributed by atoms with van der Waals surface area (Å²) in [5.41, 5.74) is 3.06. The summed E-state index contributed by atoms with van der Waals surface area (Å²) in [6, 6.07) is 8.13. The molecule has 0 amide bonds. The molecular weight excluding hydrogens is 314 g/mol. The Balaban J connectivity index is 1.58. The largest absolute Gasteiger partial charge is 0.376 e. The van der Waals surface area contributed by atoms with Gasteiger partial charge in [0.1, 0.15) is 0 Å². The molecule has 1 aliphatic rings. The van der Waals surface area contributed by atoms with Crippen molar-refractivity contribution in [3.63, 3.8) is 0 Å². The van der Waals surface area contributed by atoms with Crippen LogP contribution in [0.1, 0.15) is 17.8 Å². The lowest BCUT2D eigenvalue weighted by Crippen LogP contribution is -2.34. The summed E-state index contributed by atoms with van der Waals surface area (Å²) in [6.45, 7) is 3.64. The van der Waals surface area contributed by atoms with E-state index in [1.165, 1.54) is 0 Å². The van der Waals surface area contributed by atoms with E-state index in [1.54, 1.807) is 11.3 Å². The van der Waals surface area contributed by atoms with Gasteiger partial charge in [-0.15, -0.1) is 11.3 Å². The number of aromatic nitrogens is 1. The first kappa shape index (κ1) is 15.4. The standard InChI is InChI=1S/C16H19N3OS2/c1-11-18-15(10-22-11)12-4-2-5-13(8-12)19-16(21)17-9-14-6-3-7-20-14/h2,4-5,8,10,14H,3,6-7,9H2,1H3,(H2,17,19,21)/t14-/m0/s1. The number of nitrogens with one attached hydrogen (secondary N) is 2. The Hall–Kier alpha value is -1.50. The fourth-order valence-corrected chi connectivity index (χ4v) is 3.26. The van der Waals surface area contributed by atoms with E-state index < -0.39 is 0 Å². The molecule has 3 rings (SSSR count). The first-order valence-corrected chi connectivity index (χ1v) is 8.68. The van der Waals surface area contributed by atoms with E-state index in [0.717, 1.165) is 47.9 Å². The van der Waals surface area contributed by atoms with Gasteiger partial charge >= 0.3 is 0 Å². The molecule has 0 aliphatic carbocycles. The summed E-state index contributed by atoms with van der Waals surface area (Å²) in [5.74, 6) is 0. The fourth-order valence-electron chi connectivity index (χ4n) is 2.44. The van der Waals surface area contributed by atoms with Gasteiger partial charge in [-0.1, -0.05) is 12.1 Å². The average Bonchev–Trinajstić information content (AvgIpc) is 3.17. The fraction of sp³-hybridized carbons (Fsp3) is 0.375. The predicted molar refractivity (Wildman–Crippen MR) is 95.5 cm³/mol. The van der Waals surface area contributed by atoms with Gasteiger partial charge in [-0.3, -0.25) is 0 Å². The topological polar surface area (TPSA) is 46.2 Å². The van der Waals surface area contributed by atoms with Crippen LogP contribution in [-0.2, 0) is 4.74 Å². The molecular formula is C16H19N3OS2. The second kappa shape index (κ2) is 7.17. The number of rotatable bonds is 4. The molecule has 0 bridgehead atoms. The Kier molecular flexibility index (Phi) is 5.02. The van der Waals surface area contributed by atoms with Crippen LogP contribution >= 0.6 is 23.6 Å². The molecule has 22 heavy (non-hydrogen) atoms. The monoisotopic (exact) mass is 333 g/mol. The lowest BCUT2D eigenvalue weighted by atomic mass is 10.1. The Morgan fingerprint density at radius 2 is 2.41 bits per heavy atom. The maximum atomic E-state index is 5.58. The SMILES string of the molecule is Cc1nc(-c2cccc(NC(=S)NC[C@@H]3CCCO3)c2)cs1. The molecule has 6 heteroatoms. The maximum absolute atomic E-state index is 5.58. The van der Waals surface area contributed by atoms with Crippen LogP contribution in [0.4, 0.5) is 5.69 Å². The Labute approximate surface area is 139 Å². The van der Waals surface area contributed by atoms with Crippen molar-refractivity contribution in [1.82, 2.24) is 10.3 Å². The Morgan fingerprint density at radius 1 is 1.50 bits per heavy atom. The van der Waals surface area contributed by atoms with E-state index in [9.17, 15) is 0 Å². The van der Waals surface area contributed by atoms with Crippen molar-refractivity contribution in [1.29, 1.82) is 0 Å². The van der Waals surface area contributed by atoms with Gasteiger partial charge in [-0.2, -0.15) is 0 Å². The molecule has 2 aromatic rings. The van der Waals surface area contributed by atoms with Crippen molar-refractivity contribution < 1.29 is 4.74 Å². The van der Waals surface area contributed by atoms with Gasteiger partial charge < -0.3 is 15.4 Å². The second-order valence-corrected chi connectivity index (χ2v) is 6.77. The molecule has 2 heterocycles. The molecule has 1 aromatic carbocycles. The minimum absolute atomic E-state index is 0.282. The zero-order chi connectivity index (χ0) is 15.4. The van der Waals surface area contributed by atoms with E-state index in [4.69, 9.17) is 17.0 Å². The van der Waals surface area contributed by atoms with Crippen molar-refractivity contribution >= 4 is 34.4 Å². The number of nitrogens with zero attached hydrogens (tertiary/aromatic N) is 1. The number of thiazole rings is 1. The quantitative estimate of drug-likeness (QED) is 0.838. The van der Waals surface area contributed by atoms with Crippen LogP contribution in [0.15, 0.2) is 29.6 Å². The Morgan fingerprint density at radius 3 is 3.14 bits per heavy atom. The van der Waals surface area contributed by atoms with Crippen molar-refractivity contribution in [2.45, 2.75) is 25.9 Å². The molecule has 116 valence electrons. The molecule has 0 radical (unpaired) electrons. The molecule has 0 saturated carbocycles. The van der Waals surface area contributed by atoms with E-state index in [2.05, 4.69) is 33.1 Å². The van der Waals surface area contributed by atoms with Crippen LogP contribution in [0.25, 0.3) is 11.3 Å². The van der Waals surface area contributed by atoms with Crippen LogP contribution in [-0.4, -0.2) is 29.4 Å². The summed E-state index contributed by atoms with van der Waals surface area (Å²) in [5, 5.41) is 10.2. The third-order valence-corrected chi connectivity index (χ3v) is 4.57. The second-order valence-electron chi connectivity index (χ2n) is 5.30. The zero-order valence-corrected chi connectivity index (χ0v) is 14.1. The highest BCUT2D eigenvalue weighted by molar-refractivity contribution is 7.80. The van der Waals surface area contributed by atoms with Crippen molar-refractivity contribution in [2.24, 2.45) is 0 Å². The molecule has 2 N–H and O–H groups in total. The number of ether oxygens (including phenoxy) is 1. The zero-order valence-electron chi connectivity index (χ0n) is 12.5. The van der Waals surface area contributed by atoms with Crippen molar-refractivity contribution in [3.8, 4) is 11.3 Å². The highest BCUT2D eigenvalue weighted by Crippen LogP contribution is 2.24. The normalized spacial score (nSPS) is 17.4. The van der Waals surface area contributed by atoms with Gasteiger partial charge in [0.25, 0.3) is 0 Å². The molecule has 1 fully saturated rings. The van der Waals surface area contributed by atoms with Gasteiger partial charge in [-0.05, 0) is 44.1 Å². The summed E-state index contributed by atoms with van der Waals surface area (Å²) in [7, 11) is 0. The predicted octanol–water partition coefficient (Wildman–Crippen LogP) is 3.58. The van der Waals surface area contributed by atoms with Crippen LogP contribution in [0.5, 0.6) is 0 Å². The minimum Gasteiger partial charge on any atom is -0.376 e. The van der Waals surface area contributed by atoms with Crippen LogP contribution in [0, 0.1) is 6.92 Å². The van der Waals surface area contributed by atoms with Crippen LogP contribution in [0.3, 0.4) is 0 Å². The van der Waals surface area contributed by atoms with Crippen LogP contribution in [0.2, 0.25) is 0 Å². The lowest BCUT2D eigenvalue weighted by molar-refractivity contribution is 0.114. The number of anilines is 1. The van der Waals surface area contributed by atoms with E-state index in [0.29, 0.717) is 5.11 Å². The summed E-state index contributed by atoms with van der Waals surface area (Å²) in [4.78, 5) is 4.52. The highest BCUT2D eigenvalue weighted by Gasteiger charge is 2.15. The average molecular weight is 333 g/mol. The first-order chi connectivity index (χ1) is 10.7. The lowest BCUT2D eigenvalue weighted by Gasteiger charge is -2.14. The van der Waals surface area contributed by atoms with Crippen molar-refractivity contribution in [3.05, 3.63) is 34.7 Å². The number of benzene rings is 1. The summed E-state index contributed by atoms with van der Waals surface area (Å²) in [6.07, 6.45) is 2.53. The van der Waals surface area contributed by atoms with Gasteiger partial charge in [0, 0.05) is 29.8 Å². The van der Waals surface area contributed by atoms with E-state index >= 15 is 0 Å². The first-order valence-electron chi connectivity index (χ1n) is 7.40. The molecule has 1 atom stereocenters. The van der Waals surface area contributed by atoms with Crippen LogP contribution < -0.4 is 10.6 Å². The number of hydrogen-bond donors (Lipinski definition) is 2. The van der Waals surface area contributed by atoms with Crippen molar-refractivity contribution in [2.75, 3.05) is 18.5 Å². The molecule has 1 saturated heterocycles. The van der Waals surface area contributed by atoms with Gasteiger partial charge in [0.15, 0.2) is 5.11 Å². The van der Waals surface area contributed by atoms with Gasteiger partial charge in [0.2, 0.25) is 0 Å². The number of thiocarbonyl (C=S) groups is 1. The molecule has 1 aliphatic heterocycles. The molecule has 1 aromatic heterocycles. The van der Waals surface area contributed by atoms with E-state index in [1.807, 2.05) is 19.1 Å². The summed E-state index contributed by atoms with van der Waals surface area (Å²) < 4.78 is 5.58. The third-order valence-electron chi connectivity index (χ3n) is 3.55. The summed E-state index contributed by atoms with van der Waals surface area (Å²) >= 11 is 7.00. The minimum atomic E-state index is 0.282. The smallest absolute Gasteiger partial charge is 0.170 e. The number of aryl methyl sites for hydroxylation is 1. The molecule has 0 spiro atoms. The third kappa shape index (κ3) is 4.03.